The number of hydrogen-bond acceptors (Lipinski definition) is 4. The van der Waals surface area contributed by atoms with Crippen LogP contribution >= 0.6 is 0 Å². The fourth-order valence-electron chi connectivity index (χ4n) is 3.81. The molecule has 0 spiro atoms. The SMILES string of the molecule is NN=Cc1ccc(CCCCC(=O)NC(CC(=O)O)C2CCCCC2)cc1. The van der Waals surface area contributed by atoms with E-state index >= 15 is 0 Å². The highest BCUT2D eigenvalue weighted by Crippen LogP contribution is 2.28. The number of carbonyl (C=O) groups is 2. The molecule has 0 radical (unpaired) electrons. The van der Waals surface area contributed by atoms with Crippen molar-refractivity contribution in [3.8, 4) is 0 Å². The summed E-state index contributed by atoms with van der Waals surface area (Å²) in [7, 11) is 0. The number of nitrogens with zero attached hydrogens (tertiary/aromatic N) is 1. The van der Waals surface area contributed by atoms with Gasteiger partial charge in [-0.05, 0) is 49.1 Å². The predicted octanol–water partition coefficient (Wildman–Crippen LogP) is 3.23. The number of hydrogen-bond donors (Lipinski definition) is 3. The molecule has 1 amide bonds. The summed E-state index contributed by atoms with van der Waals surface area (Å²) < 4.78 is 0. The maximum atomic E-state index is 12.3. The smallest absolute Gasteiger partial charge is 0.305 e. The van der Waals surface area contributed by atoms with Gasteiger partial charge in [-0.3, -0.25) is 9.59 Å². The molecule has 1 aliphatic carbocycles. The minimum absolute atomic E-state index is 0.0227. The topological polar surface area (TPSA) is 105 Å². The summed E-state index contributed by atoms with van der Waals surface area (Å²) >= 11 is 0. The molecule has 27 heavy (non-hydrogen) atoms. The molecular weight excluding hydrogens is 342 g/mol. The molecule has 1 unspecified atom stereocenters. The van der Waals surface area contributed by atoms with E-state index < -0.39 is 5.97 Å². The Bertz CT molecular complexity index is 622. The lowest BCUT2D eigenvalue weighted by atomic mass is 9.82. The van der Waals surface area contributed by atoms with Gasteiger partial charge in [0.2, 0.25) is 5.91 Å². The monoisotopic (exact) mass is 373 g/mol. The Hall–Kier alpha value is -2.37. The van der Waals surface area contributed by atoms with E-state index in [0.717, 1.165) is 50.5 Å². The van der Waals surface area contributed by atoms with Crippen LogP contribution in [0.25, 0.3) is 0 Å². The first-order valence-electron chi connectivity index (χ1n) is 9.92. The zero-order chi connectivity index (χ0) is 19.5. The van der Waals surface area contributed by atoms with Crippen molar-refractivity contribution >= 4 is 18.1 Å². The summed E-state index contributed by atoms with van der Waals surface area (Å²) in [6.45, 7) is 0. The van der Waals surface area contributed by atoms with Crippen LogP contribution in [0, 0.1) is 5.92 Å². The first-order chi connectivity index (χ1) is 13.1. The number of nitrogens with two attached hydrogens (primary N) is 1. The molecule has 2 rings (SSSR count). The Morgan fingerprint density at radius 1 is 1.19 bits per heavy atom. The van der Waals surface area contributed by atoms with Crippen LogP contribution in [0.5, 0.6) is 0 Å². The maximum Gasteiger partial charge on any atom is 0.305 e. The molecule has 1 fully saturated rings. The van der Waals surface area contributed by atoms with E-state index in [1.807, 2.05) is 24.3 Å². The average molecular weight is 373 g/mol. The number of rotatable bonds is 10. The Kier molecular flexibility index (Phi) is 8.81. The van der Waals surface area contributed by atoms with Crippen molar-refractivity contribution < 1.29 is 14.7 Å². The van der Waals surface area contributed by atoms with Gasteiger partial charge in [0.05, 0.1) is 12.6 Å². The first kappa shape index (κ1) is 20.9. The molecule has 1 aromatic rings. The first-order valence-corrected chi connectivity index (χ1v) is 9.92. The van der Waals surface area contributed by atoms with E-state index in [1.54, 1.807) is 6.21 Å². The Labute approximate surface area is 161 Å². The standard InChI is InChI=1S/C21H31N3O3/c22-23-15-17-12-10-16(11-13-17)6-4-5-9-20(25)24-19(14-21(26)27)18-7-2-1-3-8-18/h10-13,15,18-19H,1-9,14,22H2,(H,24,25)(H,26,27). The van der Waals surface area contributed by atoms with Gasteiger partial charge in [0.1, 0.15) is 0 Å². The maximum absolute atomic E-state index is 12.3. The van der Waals surface area contributed by atoms with Crippen molar-refractivity contribution in [1.29, 1.82) is 0 Å². The lowest BCUT2D eigenvalue weighted by Gasteiger charge is -2.30. The van der Waals surface area contributed by atoms with E-state index in [1.165, 1.54) is 12.0 Å². The summed E-state index contributed by atoms with van der Waals surface area (Å²) in [5.41, 5.74) is 2.18. The van der Waals surface area contributed by atoms with Gasteiger partial charge in [-0.1, -0.05) is 43.5 Å². The predicted molar refractivity (Wildman–Crippen MR) is 107 cm³/mol. The summed E-state index contributed by atoms with van der Waals surface area (Å²) in [5, 5.41) is 15.6. The van der Waals surface area contributed by atoms with E-state index in [9.17, 15) is 9.59 Å². The summed E-state index contributed by atoms with van der Waals surface area (Å²) in [6, 6.07) is 7.80. The highest BCUT2D eigenvalue weighted by Gasteiger charge is 2.26. The number of aliphatic carboxylic acids is 1. The quantitative estimate of drug-likeness (QED) is 0.253. The number of nitrogens with one attached hydrogen (secondary N) is 1. The molecule has 1 aromatic carbocycles. The van der Waals surface area contributed by atoms with Crippen LogP contribution < -0.4 is 11.2 Å². The third-order valence-corrected chi connectivity index (χ3v) is 5.28. The molecule has 148 valence electrons. The highest BCUT2D eigenvalue weighted by molar-refractivity contribution is 5.79. The molecule has 4 N–H and O–H groups in total. The lowest BCUT2D eigenvalue weighted by molar-refractivity contribution is -0.138. The Balaban J connectivity index is 1.72. The molecule has 0 aromatic heterocycles. The lowest BCUT2D eigenvalue weighted by Crippen LogP contribution is -2.42. The number of hydrazone groups is 1. The van der Waals surface area contributed by atoms with E-state index in [2.05, 4.69) is 10.4 Å². The second-order valence-electron chi connectivity index (χ2n) is 7.40. The van der Waals surface area contributed by atoms with Gasteiger partial charge in [0.25, 0.3) is 0 Å². The molecule has 0 heterocycles. The molecule has 0 saturated heterocycles. The molecule has 6 nitrogen and oxygen atoms in total. The second kappa shape index (κ2) is 11.4. The number of carboxylic acids is 1. The Morgan fingerprint density at radius 2 is 1.89 bits per heavy atom. The molecule has 1 saturated carbocycles. The van der Waals surface area contributed by atoms with Crippen LogP contribution in [0.3, 0.4) is 0 Å². The van der Waals surface area contributed by atoms with Gasteiger partial charge in [-0.25, -0.2) is 0 Å². The van der Waals surface area contributed by atoms with Gasteiger partial charge in [-0.2, -0.15) is 5.10 Å². The number of amides is 1. The highest BCUT2D eigenvalue weighted by atomic mass is 16.4. The second-order valence-corrected chi connectivity index (χ2v) is 7.40. The number of carboxylic acid groups (broad SMARTS) is 1. The van der Waals surface area contributed by atoms with Crippen LogP contribution in [0.1, 0.15) is 68.9 Å². The van der Waals surface area contributed by atoms with Crippen molar-refractivity contribution in [2.45, 2.75) is 70.3 Å². The number of benzene rings is 1. The zero-order valence-electron chi connectivity index (χ0n) is 15.9. The summed E-state index contributed by atoms with van der Waals surface area (Å²) in [5.74, 6) is 4.57. The minimum atomic E-state index is -0.839. The van der Waals surface area contributed by atoms with Crippen molar-refractivity contribution in [1.82, 2.24) is 5.32 Å². The van der Waals surface area contributed by atoms with Crippen molar-refractivity contribution in [3.05, 3.63) is 35.4 Å². The van der Waals surface area contributed by atoms with Crippen LogP contribution in [0.4, 0.5) is 0 Å². The van der Waals surface area contributed by atoms with Crippen LogP contribution in [-0.2, 0) is 16.0 Å². The number of unbranched alkanes of at least 4 members (excludes halogenated alkanes) is 1. The van der Waals surface area contributed by atoms with E-state index in [4.69, 9.17) is 10.9 Å². The third-order valence-electron chi connectivity index (χ3n) is 5.28. The van der Waals surface area contributed by atoms with Crippen molar-refractivity contribution in [3.63, 3.8) is 0 Å². The fraction of sp³-hybridized carbons (Fsp3) is 0.571. The minimum Gasteiger partial charge on any atom is -0.481 e. The molecule has 0 aliphatic heterocycles. The number of carbonyl (C=O) groups excluding carboxylic acids is 1. The average Bonchev–Trinajstić information content (AvgIpc) is 2.66. The largest absolute Gasteiger partial charge is 0.481 e. The molecular formula is C21H31N3O3. The normalized spacial score (nSPS) is 16.3. The summed E-state index contributed by atoms with van der Waals surface area (Å²) in [4.78, 5) is 23.4. The van der Waals surface area contributed by atoms with Gasteiger partial charge in [0.15, 0.2) is 0 Å². The third kappa shape index (κ3) is 7.81. The fourth-order valence-corrected chi connectivity index (χ4v) is 3.81. The van der Waals surface area contributed by atoms with Crippen LogP contribution in [0.15, 0.2) is 29.4 Å². The van der Waals surface area contributed by atoms with Crippen LogP contribution in [-0.4, -0.2) is 29.2 Å². The van der Waals surface area contributed by atoms with Gasteiger partial charge >= 0.3 is 5.97 Å². The number of aryl methyl sites for hydroxylation is 1. The van der Waals surface area contributed by atoms with Gasteiger partial charge < -0.3 is 16.3 Å². The van der Waals surface area contributed by atoms with Crippen molar-refractivity contribution in [2.75, 3.05) is 0 Å². The molecule has 1 atom stereocenters. The molecule has 6 heteroatoms. The van der Waals surface area contributed by atoms with Crippen LogP contribution in [0.2, 0.25) is 0 Å². The van der Waals surface area contributed by atoms with E-state index in [0.29, 0.717) is 12.3 Å². The molecule has 1 aliphatic rings. The van der Waals surface area contributed by atoms with E-state index in [-0.39, 0.29) is 18.4 Å². The Morgan fingerprint density at radius 3 is 2.52 bits per heavy atom. The van der Waals surface area contributed by atoms with Gasteiger partial charge in [0, 0.05) is 12.5 Å². The van der Waals surface area contributed by atoms with Gasteiger partial charge in [-0.15, -0.1) is 0 Å². The summed E-state index contributed by atoms with van der Waals surface area (Å²) in [6.07, 6.45) is 10.2. The van der Waals surface area contributed by atoms with Crippen molar-refractivity contribution in [2.24, 2.45) is 16.9 Å². The molecule has 0 bridgehead atoms. The zero-order valence-corrected chi connectivity index (χ0v) is 15.9.